The molecule has 0 aliphatic carbocycles. The van der Waals surface area contributed by atoms with E-state index in [-0.39, 0.29) is 24.3 Å². The van der Waals surface area contributed by atoms with Crippen LogP contribution in [0.15, 0.2) is 22.7 Å². The van der Waals surface area contributed by atoms with Crippen molar-refractivity contribution in [1.29, 1.82) is 0 Å². The van der Waals surface area contributed by atoms with Gasteiger partial charge in [-0.3, -0.25) is 0 Å². The zero-order valence-electron chi connectivity index (χ0n) is 9.48. The maximum atomic E-state index is 13.3. The van der Waals surface area contributed by atoms with Crippen molar-refractivity contribution in [2.24, 2.45) is 5.73 Å². The number of aromatic nitrogens is 2. The molecule has 1 atom stereocenters. The Kier molecular flexibility index (Phi) is 4.20. The highest BCUT2D eigenvalue weighted by Crippen LogP contribution is 2.20. The lowest BCUT2D eigenvalue weighted by molar-refractivity contribution is 0.362. The van der Waals surface area contributed by atoms with Crippen LogP contribution >= 0.6 is 12.4 Å². The van der Waals surface area contributed by atoms with E-state index >= 15 is 0 Å². The average molecular weight is 258 g/mol. The molecule has 0 aliphatic rings. The first-order chi connectivity index (χ1) is 7.58. The summed E-state index contributed by atoms with van der Waals surface area (Å²) in [6.07, 6.45) is 0. The van der Waals surface area contributed by atoms with Gasteiger partial charge in [0.2, 0.25) is 11.7 Å². The van der Waals surface area contributed by atoms with Crippen LogP contribution in [0.4, 0.5) is 4.39 Å². The molecule has 2 rings (SSSR count). The number of nitrogens with two attached hydrogens (primary N) is 1. The van der Waals surface area contributed by atoms with Gasteiger partial charge in [0.05, 0.1) is 6.04 Å². The summed E-state index contributed by atoms with van der Waals surface area (Å²) in [6.45, 7) is 3.44. The minimum Gasteiger partial charge on any atom is -0.337 e. The van der Waals surface area contributed by atoms with E-state index in [1.165, 1.54) is 6.07 Å². The maximum Gasteiger partial charge on any atom is 0.243 e. The fraction of sp³-hybridized carbons (Fsp3) is 0.273. The molecular weight excluding hydrogens is 245 g/mol. The summed E-state index contributed by atoms with van der Waals surface area (Å²) < 4.78 is 18.3. The topological polar surface area (TPSA) is 64.9 Å². The van der Waals surface area contributed by atoms with Gasteiger partial charge in [-0.05, 0) is 25.5 Å². The molecule has 0 fully saturated rings. The van der Waals surface area contributed by atoms with Gasteiger partial charge in [-0.15, -0.1) is 12.4 Å². The third-order valence-corrected chi connectivity index (χ3v) is 2.26. The first-order valence-corrected chi connectivity index (χ1v) is 4.93. The van der Waals surface area contributed by atoms with E-state index in [2.05, 4.69) is 10.1 Å². The quantitative estimate of drug-likeness (QED) is 0.898. The normalized spacial score (nSPS) is 12.0. The Balaban J connectivity index is 0.00000144. The molecule has 1 aromatic carbocycles. The predicted octanol–water partition coefficient (Wildman–Crippen LogP) is 2.63. The van der Waals surface area contributed by atoms with Crippen molar-refractivity contribution in [3.63, 3.8) is 0 Å². The van der Waals surface area contributed by atoms with Crippen molar-refractivity contribution < 1.29 is 8.91 Å². The minimum atomic E-state index is -0.323. The summed E-state index contributed by atoms with van der Waals surface area (Å²) in [6, 6.07) is 4.47. The molecule has 0 bridgehead atoms. The number of halogens is 2. The summed E-state index contributed by atoms with van der Waals surface area (Å²) in [7, 11) is 0. The highest BCUT2D eigenvalue weighted by atomic mass is 35.5. The first kappa shape index (κ1) is 13.6. The standard InChI is InChI=1S/C11H12FN3O.ClH/c1-6-3-4-8(5-9(6)12)10-14-11(7(2)13)16-15-10;/h3-5,7H,13H2,1-2H3;1H/t7-;/m1./s1. The van der Waals surface area contributed by atoms with Crippen LogP contribution < -0.4 is 5.73 Å². The lowest BCUT2D eigenvalue weighted by atomic mass is 10.1. The lowest BCUT2D eigenvalue weighted by Crippen LogP contribution is -2.04. The molecule has 0 spiro atoms. The molecule has 6 heteroatoms. The Morgan fingerprint density at radius 2 is 2.12 bits per heavy atom. The predicted molar refractivity (Wildman–Crippen MR) is 64.3 cm³/mol. The van der Waals surface area contributed by atoms with Crippen molar-refractivity contribution in [2.75, 3.05) is 0 Å². The van der Waals surface area contributed by atoms with Crippen molar-refractivity contribution in [3.05, 3.63) is 35.5 Å². The maximum absolute atomic E-state index is 13.3. The Labute approximate surface area is 104 Å². The van der Waals surface area contributed by atoms with Crippen molar-refractivity contribution in [1.82, 2.24) is 10.1 Å². The Morgan fingerprint density at radius 3 is 2.65 bits per heavy atom. The largest absolute Gasteiger partial charge is 0.337 e. The molecule has 0 aliphatic heterocycles. The van der Waals surface area contributed by atoms with Crippen molar-refractivity contribution in [2.45, 2.75) is 19.9 Å². The zero-order chi connectivity index (χ0) is 11.7. The Bertz CT molecular complexity index is 513. The summed E-state index contributed by atoms with van der Waals surface area (Å²) in [5, 5.41) is 3.75. The summed E-state index contributed by atoms with van der Waals surface area (Å²) in [4.78, 5) is 4.08. The van der Waals surface area contributed by atoms with Crippen molar-refractivity contribution >= 4 is 12.4 Å². The molecule has 1 aromatic heterocycles. The molecule has 0 radical (unpaired) electrons. The minimum absolute atomic E-state index is 0. The van der Waals surface area contributed by atoms with Crippen LogP contribution in [-0.4, -0.2) is 10.1 Å². The zero-order valence-corrected chi connectivity index (χ0v) is 10.3. The molecule has 0 saturated carbocycles. The van der Waals surface area contributed by atoms with E-state index in [9.17, 15) is 4.39 Å². The van der Waals surface area contributed by atoms with Gasteiger partial charge in [-0.25, -0.2) is 4.39 Å². The number of benzene rings is 1. The van der Waals surface area contributed by atoms with Gasteiger partial charge in [0.15, 0.2) is 0 Å². The van der Waals surface area contributed by atoms with Crippen molar-refractivity contribution in [3.8, 4) is 11.4 Å². The van der Waals surface area contributed by atoms with Crippen LogP contribution in [0.5, 0.6) is 0 Å². The van der Waals surface area contributed by atoms with Crippen LogP contribution in [0.1, 0.15) is 24.4 Å². The molecule has 0 saturated heterocycles. The lowest BCUT2D eigenvalue weighted by Gasteiger charge is -1.98. The summed E-state index contributed by atoms with van der Waals surface area (Å²) in [5.41, 5.74) is 6.75. The number of hydrogen-bond acceptors (Lipinski definition) is 4. The molecule has 2 aromatic rings. The highest BCUT2D eigenvalue weighted by Gasteiger charge is 2.12. The first-order valence-electron chi connectivity index (χ1n) is 4.93. The van der Waals surface area contributed by atoms with Crippen LogP contribution in [0, 0.1) is 12.7 Å². The second-order valence-electron chi connectivity index (χ2n) is 3.71. The van der Waals surface area contributed by atoms with Gasteiger partial charge in [0, 0.05) is 5.56 Å². The third kappa shape index (κ3) is 2.81. The van der Waals surface area contributed by atoms with Crippen LogP contribution in [0.25, 0.3) is 11.4 Å². The van der Waals surface area contributed by atoms with E-state index in [1.54, 1.807) is 26.0 Å². The van der Waals surface area contributed by atoms with Crippen LogP contribution in [-0.2, 0) is 0 Å². The molecule has 2 N–H and O–H groups in total. The SMILES string of the molecule is Cc1ccc(-c2noc([C@@H](C)N)n2)cc1F.Cl. The summed E-state index contributed by atoms with van der Waals surface area (Å²) >= 11 is 0. The molecule has 92 valence electrons. The number of aryl methyl sites for hydroxylation is 1. The number of nitrogens with zero attached hydrogens (tertiary/aromatic N) is 2. The van der Waals surface area contributed by atoms with E-state index in [4.69, 9.17) is 10.3 Å². The van der Waals surface area contributed by atoms with Gasteiger partial charge in [0.25, 0.3) is 0 Å². The molecular formula is C11H13ClFN3O. The number of hydrogen-bond donors (Lipinski definition) is 1. The molecule has 1 heterocycles. The van der Waals surface area contributed by atoms with E-state index in [0.717, 1.165) is 0 Å². The molecule has 0 unspecified atom stereocenters. The second-order valence-corrected chi connectivity index (χ2v) is 3.71. The van der Waals surface area contributed by atoms with Crippen LogP contribution in [0.2, 0.25) is 0 Å². The fourth-order valence-electron chi connectivity index (χ4n) is 1.27. The van der Waals surface area contributed by atoms with Gasteiger partial charge in [0.1, 0.15) is 5.82 Å². The fourth-order valence-corrected chi connectivity index (χ4v) is 1.27. The monoisotopic (exact) mass is 257 g/mol. The van der Waals surface area contributed by atoms with Crippen LogP contribution in [0.3, 0.4) is 0 Å². The van der Waals surface area contributed by atoms with Gasteiger partial charge < -0.3 is 10.3 Å². The highest BCUT2D eigenvalue weighted by molar-refractivity contribution is 5.85. The molecule has 4 nitrogen and oxygen atoms in total. The Morgan fingerprint density at radius 1 is 1.41 bits per heavy atom. The van der Waals surface area contributed by atoms with E-state index < -0.39 is 0 Å². The van der Waals surface area contributed by atoms with Gasteiger partial charge in [-0.2, -0.15) is 4.98 Å². The van der Waals surface area contributed by atoms with E-state index in [1.807, 2.05) is 0 Å². The van der Waals surface area contributed by atoms with Gasteiger partial charge >= 0.3 is 0 Å². The van der Waals surface area contributed by atoms with Gasteiger partial charge in [-0.1, -0.05) is 17.3 Å². The second kappa shape index (κ2) is 5.25. The average Bonchev–Trinajstić information content (AvgIpc) is 2.71. The smallest absolute Gasteiger partial charge is 0.243 e. The van der Waals surface area contributed by atoms with E-state index in [0.29, 0.717) is 22.8 Å². The third-order valence-electron chi connectivity index (χ3n) is 2.26. The number of rotatable bonds is 2. The molecule has 17 heavy (non-hydrogen) atoms. The molecule has 0 amide bonds. The summed E-state index contributed by atoms with van der Waals surface area (Å²) in [5.74, 6) is 0.409. The Hall–Kier alpha value is -1.46.